The van der Waals surface area contributed by atoms with Gasteiger partial charge in [-0.25, -0.2) is 63.4 Å². The molecular formula is C109H104N26O9S6. The van der Waals surface area contributed by atoms with Crippen molar-refractivity contribution in [3.63, 3.8) is 0 Å². The van der Waals surface area contributed by atoms with Crippen LogP contribution >= 0.6 is 56.7 Å². The number of primary sulfonamides is 1. The highest BCUT2D eigenvalue weighted by Gasteiger charge is 2.27. The Balaban J connectivity index is 0.000000118. The summed E-state index contributed by atoms with van der Waals surface area (Å²) in [6.07, 6.45) is 8.88. The van der Waals surface area contributed by atoms with E-state index in [0.29, 0.717) is 74.5 Å². The van der Waals surface area contributed by atoms with Crippen LogP contribution in [0.1, 0.15) is 84.5 Å². The van der Waals surface area contributed by atoms with Gasteiger partial charge in [0.25, 0.3) is 29.5 Å². The van der Waals surface area contributed by atoms with Gasteiger partial charge in [0.15, 0.2) is 0 Å². The molecule has 10 aromatic carbocycles. The van der Waals surface area contributed by atoms with Gasteiger partial charge >= 0.3 is 0 Å². The molecule has 10 aromatic heterocycles. The van der Waals surface area contributed by atoms with Gasteiger partial charge in [-0.1, -0.05) is 30.3 Å². The molecule has 150 heavy (non-hydrogen) atoms. The van der Waals surface area contributed by atoms with Crippen LogP contribution in [0.15, 0.2) is 236 Å². The minimum Gasteiger partial charge on any atom is -0.344 e. The summed E-state index contributed by atoms with van der Waals surface area (Å²) >= 11 is 7.43. The summed E-state index contributed by atoms with van der Waals surface area (Å²) in [5.74, 6) is 2.24. The SMILES string of the molecule is CC(=O)Nc1cccc(Nc2ncc3ccc4sc(C(=O)N(C)C)cc4c3n2)c1.CC(=O)Nc1cccc(Nc2ncc3ccc4sc(C(=O)N5CCNCC5)cc4c3n2)c1.Cc1cc(C)cc(Nc2ncc3ccc4sc(C(=O)N(C)C)cc4c3n2)c1.Cc1cc(C)cc(Nc2ncc3ccc4sc(C(=O)N5CCNCC5)cc4c3n2)c1.NS(=O)(=O)c1cccc(Nc2ncc3ccc4sc(C(=O)N5CCNCC5)cc4c3n2)c1. The zero-order chi connectivity index (χ0) is 105. The highest BCUT2D eigenvalue weighted by molar-refractivity contribution is 7.89. The summed E-state index contributed by atoms with van der Waals surface area (Å²) < 4.78 is 28.3. The van der Waals surface area contributed by atoms with Gasteiger partial charge in [-0.3, -0.25) is 33.6 Å². The Morgan fingerprint density at radius 1 is 0.313 bits per heavy atom. The van der Waals surface area contributed by atoms with E-state index in [1.807, 2.05) is 161 Å². The van der Waals surface area contributed by atoms with Crippen LogP contribution in [0, 0.1) is 27.7 Å². The molecule has 0 atom stereocenters. The Bertz CT molecular complexity index is 8760. The standard InChI is InChI=1S/C23H22N6O2S.C23H23N5OS.C21H20N6O3S2.C21H19N5O2S.C21H20N4OS/c1-14(30)26-16-3-2-4-17(11-16)27-23-25-13-15-5-6-19-18(21(15)28-23)12-20(32-19)22(31)29-9-7-24-8-10-29;1-14-9-15(2)11-17(10-14)26-23-25-13-16-3-4-19-18(21(16)27-23)12-20(30-19)22(29)28-7-5-24-6-8-28;22-32(29,30)15-3-1-2-14(10-15)25-21-24-12-13-4-5-17-16(19(13)26-21)11-18(31-17)20(28)27-8-6-23-7-9-27;1-12(27)23-14-5-4-6-15(9-14)24-21-22-11-13-7-8-17-16(19(13)25-21)10-18(29-17)20(28)26(2)3;1-12-7-13(2)9-15(8-12)23-21-22-11-14-5-6-17-16(19(14)24-21)10-18(27-17)20(26)25(3)4/h2-6,11-13,24H,7-10H2,1H3,(H,26,30)(H,25,27,28);3-4,9-13,24H,5-8H2,1-2H3,(H,25,26,27);1-5,10-12,23H,6-9H2,(H2,22,29,30)(H,24,25,26);4-11H,1-3H3,(H,23,27)(H,22,24,25);5-11H,1-4H3,(H,22,23,24). The number of piperazine rings is 3. The van der Waals surface area contributed by atoms with E-state index in [-0.39, 0.29) is 46.2 Å². The van der Waals surface area contributed by atoms with Gasteiger partial charge in [0, 0.05) is 269 Å². The lowest BCUT2D eigenvalue weighted by Crippen LogP contribution is -2.46. The molecule has 41 heteroatoms. The summed E-state index contributed by atoms with van der Waals surface area (Å²) in [5, 5.41) is 45.9. The van der Waals surface area contributed by atoms with Gasteiger partial charge in [0.1, 0.15) is 0 Å². The van der Waals surface area contributed by atoms with E-state index < -0.39 is 10.0 Å². The van der Waals surface area contributed by atoms with Crippen LogP contribution in [0.5, 0.6) is 0 Å². The van der Waals surface area contributed by atoms with E-state index in [4.69, 9.17) is 20.1 Å². The average molecular weight is 2110 g/mol. The van der Waals surface area contributed by atoms with E-state index >= 15 is 0 Å². The highest BCUT2D eigenvalue weighted by Crippen LogP contribution is 2.40. The Morgan fingerprint density at radius 2 is 0.560 bits per heavy atom. The first kappa shape index (κ1) is 102. The van der Waals surface area contributed by atoms with Gasteiger partial charge in [-0.15, -0.1) is 56.7 Å². The zero-order valence-corrected chi connectivity index (χ0v) is 88.2. The molecule has 0 aliphatic carbocycles. The fourth-order valence-electron chi connectivity index (χ4n) is 17.6. The number of nitrogens with one attached hydrogen (secondary N) is 10. The number of thiophene rings is 5. The van der Waals surface area contributed by atoms with Crippen molar-refractivity contribution >= 4 is 283 Å². The minimum absolute atomic E-state index is 0.000388. The molecule has 3 aliphatic heterocycles. The van der Waals surface area contributed by atoms with Crippen molar-refractivity contribution in [1.82, 2.24) is 90.3 Å². The number of hydrogen-bond donors (Lipinski definition) is 11. The molecule has 3 saturated heterocycles. The predicted molar refractivity (Wildman–Crippen MR) is 605 cm³/mol. The molecule has 20 aromatic rings. The van der Waals surface area contributed by atoms with Gasteiger partial charge < -0.3 is 77.7 Å². The molecule has 35 nitrogen and oxygen atoms in total. The largest absolute Gasteiger partial charge is 0.344 e. The molecule has 0 saturated carbocycles. The number of benzene rings is 10. The number of amides is 7. The second kappa shape index (κ2) is 44.8. The van der Waals surface area contributed by atoms with Crippen molar-refractivity contribution in [2.45, 2.75) is 46.4 Å². The van der Waals surface area contributed by atoms with Crippen LogP contribution in [-0.4, -0.2) is 231 Å². The lowest BCUT2D eigenvalue weighted by molar-refractivity contribution is -0.115. The number of sulfonamides is 1. The smallest absolute Gasteiger partial charge is 0.264 e. The molecule has 3 aliphatic rings. The van der Waals surface area contributed by atoms with Crippen molar-refractivity contribution in [3.8, 4) is 0 Å². The van der Waals surface area contributed by atoms with E-state index in [9.17, 15) is 42.0 Å². The maximum Gasteiger partial charge on any atom is 0.264 e. The topological polar surface area (TPSA) is 445 Å². The third kappa shape index (κ3) is 24.1. The summed E-state index contributed by atoms with van der Waals surface area (Å²) in [6.45, 7) is 20.5. The normalized spacial score (nSPS) is 13.1. The maximum atomic E-state index is 13.0. The number of carbonyl (C=O) groups is 7. The molecule has 7 amide bonds. The number of carbonyl (C=O) groups excluding carboxylic acids is 7. The van der Waals surface area contributed by atoms with Gasteiger partial charge in [0.05, 0.1) is 56.9 Å². The van der Waals surface area contributed by atoms with Crippen LogP contribution in [0.2, 0.25) is 0 Å². The molecule has 0 radical (unpaired) electrons. The minimum atomic E-state index is -3.82. The van der Waals surface area contributed by atoms with Crippen LogP contribution in [0.25, 0.3) is 105 Å². The van der Waals surface area contributed by atoms with E-state index in [1.165, 1.54) is 105 Å². The number of anilines is 12. The van der Waals surface area contributed by atoms with Crippen molar-refractivity contribution in [3.05, 3.63) is 278 Å². The number of hydrogen-bond acceptors (Lipinski definition) is 32. The predicted octanol–water partition coefficient (Wildman–Crippen LogP) is 19.3. The van der Waals surface area contributed by atoms with E-state index in [1.54, 1.807) is 68.7 Å². The average Bonchev–Trinajstić information content (AvgIpc) is 1.64. The molecule has 0 bridgehead atoms. The molecular weight excluding hydrogens is 2010 g/mol. The molecule has 23 rings (SSSR count). The first-order valence-corrected chi connectivity index (χ1v) is 53.8. The quantitative estimate of drug-likeness (QED) is 0.0380. The molecule has 3 fully saturated rings. The van der Waals surface area contributed by atoms with Crippen LogP contribution < -0.4 is 58.3 Å². The number of rotatable bonds is 18. The van der Waals surface area contributed by atoms with E-state index in [0.717, 1.165) is 203 Å². The Morgan fingerprint density at radius 3 is 0.827 bits per heavy atom. The van der Waals surface area contributed by atoms with Crippen LogP contribution in [0.3, 0.4) is 0 Å². The first-order chi connectivity index (χ1) is 72.3. The fraction of sp³-hybridized carbons (Fsp3) is 0.202. The van der Waals surface area contributed by atoms with Gasteiger partial charge in [0.2, 0.25) is 51.6 Å². The number of aromatic nitrogens is 10. The number of fused-ring (bicyclic) bond motifs is 15. The van der Waals surface area contributed by atoms with Gasteiger partial charge in [-0.2, -0.15) is 0 Å². The fourth-order valence-corrected chi connectivity index (χ4v) is 23.5. The van der Waals surface area contributed by atoms with Crippen molar-refractivity contribution in [1.29, 1.82) is 0 Å². The zero-order valence-electron chi connectivity index (χ0n) is 83.3. The monoisotopic (exact) mass is 2110 g/mol. The van der Waals surface area contributed by atoms with Crippen molar-refractivity contribution < 1.29 is 42.0 Å². The second-order valence-corrected chi connectivity index (χ2v) is 43.6. The first-order valence-electron chi connectivity index (χ1n) is 48.1. The summed E-state index contributed by atoms with van der Waals surface area (Å²) in [6, 6.07) is 63.0. The Labute approximate surface area is 881 Å². The second-order valence-electron chi connectivity index (χ2n) is 36.6. The summed E-state index contributed by atoms with van der Waals surface area (Å²) in [4.78, 5) is 144. The van der Waals surface area contributed by atoms with Crippen molar-refractivity contribution in [2.24, 2.45) is 5.14 Å². The van der Waals surface area contributed by atoms with Crippen molar-refractivity contribution in [2.75, 3.05) is 144 Å². The maximum absolute atomic E-state index is 13.0. The third-order valence-electron chi connectivity index (χ3n) is 24.6. The Hall–Kier alpha value is -16.2. The molecule has 760 valence electrons. The molecule has 0 spiro atoms. The Kier molecular flexibility index (Phi) is 30.6. The van der Waals surface area contributed by atoms with Crippen LogP contribution in [0.4, 0.5) is 69.6 Å². The highest BCUT2D eigenvalue weighted by atomic mass is 32.2. The van der Waals surface area contributed by atoms with Gasteiger partial charge in [-0.05, 0) is 220 Å². The number of nitrogens with zero attached hydrogens (tertiary/aromatic N) is 15. The molecule has 0 unspecified atom stereocenters. The third-order valence-corrected chi connectivity index (χ3v) is 30.9. The number of aryl methyl sites for hydroxylation is 4. The summed E-state index contributed by atoms with van der Waals surface area (Å²) in [5.41, 5.74) is 14.1. The van der Waals surface area contributed by atoms with E-state index in [2.05, 4.69) is 158 Å². The number of nitrogens with two attached hydrogens (primary N) is 1. The molecule has 13 heterocycles. The lowest BCUT2D eigenvalue weighted by Gasteiger charge is -2.26. The lowest BCUT2D eigenvalue weighted by atomic mass is 10.1. The van der Waals surface area contributed by atoms with Crippen LogP contribution in [-0.2, 0) is 19.6 Å². The summed E-state index contributed by atoms with van der Waals surface area (Å²) in [7, 11) is 3.19. The molecule has 12 N–H and O–H groups in total.